The minimum atomic E-state index is -0.201. The van der Waals surface area contributed by atoms with Crippen LogP contribution in [0.5, 0.6) is 0 Å². The van der Waals surface area contributed by atoms with E-state index in [1.807, 2.05) is 29.9 Å². The standard InChI is InChI=1S/C14H13ClN4OS/c1-19-5-4-17-11(19)7-18-14(20)13-12(16)9-3-2-8(15)6-10(9)21-13/h2-6H,7,16H2,1H3,(H,18,20). The van der Waals surface area contributed by atoms with Gasteiger partial charge in [0, 0.05) is 34.6 Å². The summed E-state index contributed by atoms with van der Waals surface area (Å²) in [6.07, 6.45) is 3.52. The van der Waals surface area contributed by atoms with Crippen LogP contribution in [0.2, 0.25) is 5.02 Å². The first kappa shape index (κ1) is 13.9. The predicted molar refractivity (Wildman–Crippen MR) is 85.6 cm³/mol. The van der Waals surface area contributed by atoms with Crippen LogP contribution in [0, 0.1) is 0 Å². The zero-order valence-electron chi connectivity index (χ0n) is 11.3. The maximum atomic E-state index is 12.3. The molecular weight excluding hydrogens is 308 g/mol. The van der Waals surface area contributed by atoms with Gasteiger partial charge in [0.25, 0.3) is 5.91 Å². The van der Waals surface area contributed by atoms with E-state index < -0.39 is 0 Å². The van der Waals surface area contributed by atoms with Gasteiger partial charge in [0.15, 0.2) is 0 Å². The second-order valence-corrected chi connectivity index (χ2v) is 6.11. The summed E-state index contributed by atoms with van der Waals surface area (Å²) in [6.45, 7) is 0.358. The molecule has 0 fully saturated rings. The molecule has 0 spiro atoms. The highest BCUT2D eigenvalue weighted by Gasteiger charge is 2.16. The number of carbonyl (C=O) groups is 1. The molecule has 3 aromatic rings. The number of imidazole rings is 1. The summed E-state index contributed by atoms with van der Waals surface area (Å²) in [4.78, 5) is 16.9. The number of thiophene rings is 1. The van der Waals surface area contributed by atoms with Crippen LogP contribution in [0.25, 0.3) is 10.1 Å². The molecule has 1 amide bonds. The van der Waals surface area contributed by atoms with E-state index in [0.29, 0.717) is 22.1 Å². The van der Waals surface area contributed by atoms with E-state index in [0.717, 1.165) is 15.9 Å². The highest BCUT2D eigenvalue weighted by molar-refractivity contribution is 7.21. The number of halogens is 1. The summed E-state index contributed by atoms with van der Waals surface area (Å²) in [5, 5.41) is 4.32. The van der Waals surface area contributed by atoms with Crippen molar-refractivity contribution in [3.63, 3.8) is 0 Å². The topological polar surface area (TPSA) is 72.9 Å². The third kappa shape index (κ3) is 2.59. The summed E-state index contributed by atoms with van der Waals surface area (Å²) in [5.74, 6) is 0.582. The van der Waals surface area contributed by atoms with Crippen molar-refractivity contribution in [2.24, 2.45) is 7.05 Å². The fourth-order valence-electron chi connectivity index (χ4n) is 2.07. The molecule has 0 atom stereocenters. The number of amides is 1. The van der Waals surface area contributed by atoms with Gasteiger partial charge < -0.3 is 15.6 Å². The fraction of sp³-hybridized carbons (Fsp3) is 0.143. The van der Waals surface area contributed by atoms with Crippen molar-refractivity contribution in [3.8, 4) is 0 Å². The number of fused-ring (bicyclic) bond motifs is 1. The molecule has 0 bridgehead atoms. The first-order chi connectivity index (χ1) is 10.1. The lowest BCUT2D eigenvalue weighted by Crippen LogP contribution is -2.24. The Morgan fingerprint density at radius 3 is 3.05 bits per heavy atom. The van der Waals surface area contributed by atoms with Gasteiger partial charge in [0.1, 0.15) is 10.7 Å². The van der Waals surface area contributed by atoms with Crippen molar-refractivity contribution in [3.05, 3.63) is 46.3 Å². The molecule has 0 radical (unpaired) electrons. The normalized spacial score (nSPS) is 11.0. The number of anilines is 1. The van der Waals surface area contributed by atoms with Crippen LogP contribution in [0.4, 0.5) is 5.69 Å². The van der Waals surface area contributed by atoms with Gasteiger partial charge in [0.05, 0.1) is 12.2 Å². The van der Waals surface area contributed by atoms with Crippen molar-refractivity contribution >= 4 is 44.6 Å². The number of hydrogen-bond acceptors (Lipinski definition) is 4. The third-order valence-electron chi connectivity index (χ3n) is 3.22. The van der Waals surface area contributed by atoms with Gasteiger partial charge in [-0.3, -0.25) is 4.79 Å². The molecule has 3 rings (SSSR count). The number of nitrogen functional groups attached to an aromatic ring is 1. The van der Waals surface area contributed by atoms with E-state index in [1.54, 1.807) is 12.3 Å². The number of nitrogens with two attached hydrogens (primary N) is 1. The van der Waals surface area contributed by atoms with Crippen LogP contribution < -0.4 is 11.1 Å². The second kappa shape index (κ2) is 5.38. The smallest absolute Gasteiger partial charge is 0.263 e. The number of aryl methyl sites for hydroxylation is 1. The summed E-state index contributed by atoms with van der Waals surface area (Å²) >= 11 is 7.30. The monoisotopic (exact) mass is 320 g/mol. The largest absolute Gasteiger partial charge is 0.397 e. The van der Waals surface area contributed by atoms with Crippen LogP contribution in [0.15, 0.2) is 30.6 Å². The van der Waals surface area contributed by atoms with Crippen LogP contribution in [0.1, 0.15) is 15.5 Å². The molecule has 0 saturated carbocycles. The Hall–Kier alpha value is -2.05. The Morgan fingerprint density at radius 2 is 2.33 bits per heavy atom. The van der Waals surface area contributed by atoms with Gasteiger partial charge in [-0.2, -0.15) is 0 Å². The van der Waals surface area contributed by atoms with Crippen molar-refractivity contribution in [1.82, 2.24) is 14.9 Å². The van der Waals surface area contributed by atoms with E-state index in [-0.39, 0.29) is 5.91 Å². The molecule has 5 nitrogen and oxygen atoms in total. The van der Waals surface area contributed by atoms with Crippen molar-refractivity contribution in [1.29, 1.82) is 0 Å². The van der Waals surface area contributed by atoms with Gasteiger partial charge in [-0.15, -0.1) is 11.3 Å². The Morgan fingerprint density at radius 1 is 1.52 bits per heavy atom. The first-order valence-electron chi connectivity index (χ1n) is 6.28. The molecule has 7 heteroatoms. The van der Waals surface area contributed by atoms with Crippen molar-refractivity contribution < 1.29 is 4.79 Å². The fourth-order valence-corrected chi connectivity index (χ4v) is 3.38. The Bertz CT molecular complexity index is 824. The van der Waals surface area contributed by atoms with Gasteiger partial charge >= 0.3 is 0 Å². The first-order valence-corrected chi connectivity index (χ1v) is 7.47. The van der Waals surface area contributed by atoms with Crippen molar-refractivity contribution in [2.75, 3.05) is 5.73 Å². The van der Waals surface area contributed by atoms with Crippen LogP contribution in [-0.4, -0.2) is 15.5 Å². The van der Waals surface area contributed by atoms with E-state index in [9.17, 15) is 4.79 Å². The van der Waals surface area contributed by atoms with Crippen LogP contribution in [0.3, 0.4) is 0 Å². The van der Waals surface area contributed by atoms with E-state index in [2.05, 4.69) is 10.3 Å². The predicted octanol–water partition coefficient (Wildman–Crippen LogP) is 2.80. The molecule has 2 heterocycles. The van der Waals surface area contributed by atoms with Gasteiger partial charge in [0.2, 0.25) is 0 Å². The molecule has 0 saturated heterocycles. The average Bonchev–Trinajstić information content (AvgIpc) is 3.00. The lowest BCUT2D eigenvalue weighted by Gasteiger charge is -2.04. The number of nitrogens with one attached hydrogen (secondary N) is 1. The van der Waals surface area contributed by atoms with E-state index in [1.165, 1.54) is 11.3 Å². The van der Waals surface area contributed by atoms with E-state index >= 15 is 0 Å². The minimum absolute atomic E-state index is 0.201. The number of carbonyl (C=O) groups excluding carboxylic acids is 1. The average molecular weight is 321 g/mol. The summed E-state index contributed by atoms with van der Waals surface area (Å²) in [6, 6.07) is 5.41. The number of hydrogen-bond donors (Lipinski definition) is 2. The Labute approximate surface area is 130 Å². The molecule has 3 N–H and O–H groups in total. The molecule has 0 aliphatic heterocycles. The molecule has 0 aliphatic carbocycles. The molecule has 0 aliphatic rings. The second-order valence-electron chi connectivity index (χ2n) is 4.62. The molecular formula is C14H13ClN4OS. The van der Waals surface area contributed by atoms with E-state index in [4.69, 9.17) is 17.3 Å². The Balaban J connectivity index is 1.84. The van der Waals surface area contributed by atoms with Gasteiger partial charge in [-0.1, -0.05) is 11.6 Å². The summed E-state index contributed by atoms with van der Waals surface area (Å²) < 4.78 is 2.76. The highest BCUT2D eigenvalue weighted by Crippen LogP contribution is 2.35. The third-order valence-corrected chi connectivity index (χ3v) is 4.63. The zero-order chi connectivity index (χ0) is 15.0. The SMILES string of the molecule is Cn1ccnc1CNC(=O)c1sc2cc(Cl)ccc2c1N. The number of rotatable bonds is 3. The molecule has 1 aromatic carbocycles. The maximum Gasteiger partial charge on any atom is 0.263 e. The number of aromatic nitrogens is 2. The van der Waals surface area contributed by atoms with Crippen LogP contribution >= 0.6 is 22.9 Å². The zero-order valence-corrected chi connectivity index (χ0v) is 12.8. The molecule has 0 unspecified atom stereocenters. The van der Waals surface area contributed by atoms with Crippen molar-refractivity contribution in [2.45, 2.75) is 6.54 Å². The Kier molecular flexibility index (Phi) is 3.57. The lowest BCUT2D eigenvalue weighted by atomic mass is 10.2. The summed E-state index contributed by atoms with van der Waals surface area (Å²) in [7, 11) is 1.88. The number of benzene rings is 1. The maximum absolute atomic E-state index is 12.3. The molecule has 21 heavy (non-hydrogen) atoms. The molecule has 108 valence electrons. The van der Waals surface area contributed by atoms with Gasteiger partial charge in [-0.25, -0.2) is 4.98 Å². The number of nitrogens with zero attached hydrogens (tertiary/aromatic N) is 2. The molecule has 2 aromatic heterocycles. The lowest BCUT2D eigenvalue weighted by molar-refractivity contribution is 0.0954. The highest BCUT2D eigenvalue weighted by atomic mass is 35.5. The van der Waals surface area contributed by atoms with Crippen LogP contribution in [-0.2, 0) is 13.6 Å². The quantitative estimate of drug-likeness (QED) is 0.779. The van der Waals surface area contributed by atoms with Gasteiger partial charge in [-0.05, 0) is 18.2 Å². The minimum Gasteiger partial charge on any atom is -0.397 e. The summed E-state index contributed by atoms with van der Waals surface area (Å²) in [5.41, 5.74) is 6.54.